The van der Waals surface area contributed by atoms with Gasteiger partial charge in [0.15, 0.2) is 0 Å². The molecular formula is C9H10BrNO2. The summed E-state index contributed by atoms with van der Waals surface area (Å²) in [5, 5.41) is 8.86. The molecule has 0 aliphatic rings. The number of hydrogen-bond acceptors (Lipinski definition) is 2. The van der Waals surface area contributed by atoms with E-state index in [0.29, 0.717) is 11.3 Å². The van der Waals surface area contributed by atoms with Crippen molar-refractivity contribution in [2.75, 3.05) is 5.73 Å². The zero-order valence-electron chi connectivity index (χ0n) is 7.39. The Morgan fingerprint density at radius 2 is 2.08 bits per heavy atom. The van der Waals surface area contributed by atoms with Crippen molar-refractivity contribution in [3.8, 4) is 0 Å². The second-order valence-corrected chi connectivity index (χ2v) is 3.69. The summed E-state index contributed by atoms with van der Waals surface area (Å²) < 4.78 is 0.805. The molecule has 4 heteroatoms. The monoisotopic (exact) mass is 243 g/mol. The number of anilines is 1. The maximum Gasteiger partial charge on any atom is 0.338 e. The molecule has 0 bridgehead atoms. The lowest BCUT2D eigenvalue weighted by Gasteiger charge is -2.09. The van der Waals surface area contributed by atoms with Crippen molar-refractivity contribution in [1.82, 2.24) is 0 Å². The summed E-state index contributed by atoms with van der Waals surface area (Å²) >= 11 is 3.31. The Kier molecular flexibility index (Phi) is 2.61. The molecule has 3 N–H and O–H groups in total. The molecule has 0 saturated carbocycles. The van der Waals surface area contributed by atoms with Crippen molar-refractivity contribution in [3.05, 3.63) is 27.2 Å². The summed E-state index contributed by atoms with van der Waals surface area (Å²) in [5.41, 5.74) is 7.70. The highest BCUT2D eigenvalue weighted by atomic mass is 79.9. The summed E-state index contributed by atoms with van der Waals surface area (Å²) in [6.07, 6.45) is 0. The number of aromatic carboxylic acids is 1. The van der Waals surface area contributed by atoms with E-state index < -0.39 is 5.97 Å². The minimum Gasteiger partial charge on any atom is -0.478 e. The Balaban J connectivity index is 3.53. The van der Waals surface area contributed by atoms with Gasteiger partial charge in [-0.2, -0.15) is 0 Å². The van der Waals surface area contributed by atoms with Gasteiger partial charge in [0.2, 0.25) is 0 Å². The fourth-order valence-electron chi connectivity index (χ4n) is 1.27. The molecule has 0 unspecified atom stereocenters. The highest BCUT2D eigenvalue weighted by Gasteiger charge is 2.15. The van der Waals surface area contributed by atoms with E-state index in [2.05, 4.69) is 15.9 Å². The van der Waals surface area contributed by atoms with Crippen LogP contribution in [-0.2, 0) is 0 Å². The van der Waals surface area contributed by atoms with E-state index in [1.54, 1.807) is 13.0 Å². The first kappa shape index (κ1) is 10.1. The number of nitrogens with two attached hydrogens (primary N) is 1. The normalized spacial score (nSPS) is 10.1. The molecule has 0 heterocycles. The van der Waals surface area contributed by atoms with Crippen molar-refractivity contribution >= 4 is 27.6 Å². The van der Waals surface area contributed by atoms with Gasteiger partial charge in [0.25, 0.3) is 0 Å². The molecule has 0 aromatic heterocycles. The van der Waals surface area contributed by atoms with Crippen LogP contribution < -0.4 is 5.73 Å². The maximum atomic E-state index is 10.8. The molecule has 0 aliphatic carbocycles. The Bertz CT molecular complexity index is 374. The van der Waals surface area contributed by atoms with E-state index in [0.717, 1.165) is 10.0 Å². The first-order valence-corrected chi connectivity index (χ1v) is 4.53. The standard InChI is InChI=1S/C9H10BrNO2/c1-4-3-6(11)7(9(12)13)5(2)8(4)10/h3H,11H2,1-2H3,(H,12,13). The van der Waals surface area contributed by atoms with E-state index >= 15 is 0 Å². The van der Waals surface area contributed by atoms with Gasteiger partial charge in [-0.1, -0.05) is 15.9 Å². The fourth-order valence-corrected chi connectivity index (χ4v) is 1.59. The van der Waals surface area contributed by atoms with Crippen LogP contribution in [0.2, 0.25) is 0 Å². The summed E-state index contributed by atoms with van der Waals surface area (Å²) in [5.74, 6) is -0.990. The lowest BCUT2D eigenvalue weighted by Crippen LogP contribution is -2.06. The lowest BCUT2D eigenvalue weighted by molar-refractivity contribution is 0.0697. The number of nitrogen functional groups attached to an aromatic ring is 1. The van der Waals surface area contributed by atoms with E-state index in [1.807, 2.05) is 6.92 Å². The number of benzene rings is 1. The molecule has 0 spiro atoms. The van der Waals surface area contributed by atoms with Gasteiger partial charge >= 0.3 is 5.97 Å². The molecule has 1 aromatic carbocycles. The first-order valence-electron chi connectivity index (χ1n) is 3.73. The van der Waals surface area contributed by atoms with Crippen LogP contribution in [0.5, 0.6) is 0 Å². The molecule has 13 heavy (non-hydrogen) atoms. The van der Waals surface area contributed by atoms with Crippen LogP contribution in [-0.4, -0.2) is 11.1 Å². The largest absolute Gasteiger partial charge is 0.478 e. The summed E-state index contributed by atoms with van der Waals surface area (Å²) in [6, 6.07) is 1.65. The van der Waals surface area contributed by atoms with E-state index in [-0.39, 0.29) is 5.56 Å². The van der Waals surface area contributed by atoms with Gasteiger partial charge in [0.05, 0.1) is 5.56 Å². The second kappa shape index (κ2) is 3.38. The smallest absolute Gasteiger partial charge is 0.338 e. The molecule has 0 aliphatic heterocycles. The number of rotatable bonds is 1. The van der Waals surface area contributed by atoms with E-state index in [4.69, 9.17) is 10.8 Å². The predicted octanol–water partition coefficient (Wildman–Crippen LogP) is 2.35. The summed E-state index contributed by atoms with van der Waals surface area (Å²) in [4.78, 5) is 10.8. The molecule has 1 rings (SSSR count). The van der Waals surface area contributed by atoms with Crippen molar-refractivity contribution in [3.63, 3.8) is 0 Å². The van der Waals surface area contributed by atoms with Gasteiger partial charge in [0, 0.05) is 10.2 Å². The minimum atomic E-state index is -0.990. The number of carboxylic acid groups (broad SMARTS) is 1. The van der Waals surface area contributed by atoms with Crippen LogP contribution in [0, 0.1) is 13.8 Å². The Morgan fingerprint density at radius 1 is 1.54 bits per heavy atom. The third-order valence-corrected chi connectivity index (χ3v) is 3.15. The molecule has 1 aromatic rings. The Morgan fingerprint density at radius 3 is 2.54 bits per heavy atom. The van der Waals surface area contributed by atoms with Gasteiger partial charge in [-0.3, -0.25) is 0 Å². The van der Waals surface area contributed by atoms with Crippen molar-refractivity contribution < 1.29 is 9.90 Å². The van der Waals surface area contributed by atoms with Gasteiger partial charge in [-0.15, -0.1) is 0 Å². The van der Waals surface area contributed by atoms with Crippen LogP contribution in [0.25, 0.3) is 0 Å². The van der Waals surface area contributed by atoms with Crippen molar-refractivity contribution in [2.24, 2.45) is 0 Å². The zero-order valence-corrected chi connectivity index (χ0v) is 8.97. The van der Waals surface area contributed by atoms with Gasteiger partial charge < -0.3 is 10.8 Å². The average molecular weight is 244 g/mol. The fraction of sp³-hybridized carbons (Fsp3) is 0.222. The third-order valence-electron chi connectivity index (χ3n) is 1.93. The number of aryl methyl sites for hydroxylation is 1. The molecule has 70 valence electrons. The van der Waals surface area contributed by atoms with Crippen molar-refractivity contribution in [1.29, 1.82) is 0 Å². The molecule has 0 radical (unpaired) electrons. The molecule has 3 nitrogen and oxygen atoms in total. The Labute approximate surface area is 84.7 Å². The van der Waals surface area contributed by atoms with Crippen LogP contribution >= 0.6 is 15.9 Å². The van der Waals surface area contributed by atoms with Crippen LogP contribution in [0.1, 0.15) is 21.5 Å². The second-order valence-electron chi connectivity index (χ2n) is 2.90. The highest BCUT2D eigenvalue weighted by molar-refractivity contribution is 9.10. The lowest BCUT2D eigenvalue weighted by atomic mass is 10.0. The average Bonchev–Trinajstić information content (AvgIpc) is 1.99. The SMILES string of the molecule is Cc1cc(N)c(C(=O)O)c(C)c1Br. The third kappa shape index (κ3) is 1.67. The molecule has 0 saturated heterocycles. The molecule has 0 amide bonds. The molecule has 0 fully saturated rings. The number of halogens is 1. The number of carbonyl (C=O) groups is 1. The first-order chi connectivity index (χ1) is 5.95. The quantitative estimate of drug-likeness (QED) is 0.745. The minimum absolute atomic E-state index is 0.178. The topological polar surface area (TPSA) is 63.3 Å². The summed E-state index contributed by atoms with van der Waals surface area (Å²) in [6.45, 7) is 3.61. The van der Waals surface area contributed by atoms with Gasteiger partial charge in [-0.25, -0.2) is 4.79 Å². The zero-order chi connectivity index (χ0) is 10.2. The van der Waals surface area contributed by atoms with Crippen LogP contribution in [0.3, 0.4) is 0 Å². The molecule has 0 atom stereocenters. The van der Waals surface area contributed by atoms with E-state index in [1.165, 1.54) is 0 Å². The predicted molar refractivity (Wildman–Crippen MR) is 55.0 cm³/mol. The molecular weight excluding hydrogens is 234 g/mol. The maximum absolute atomic E-state index is 10.8. The van der Waals surface area contributed by atoms with Gasteiger partial charge in [-0.05, 0) is 31.0 Å². The number of hydrogen-bond donors (Lipinski definition) is 2. The number of carboxylic acids is 1. The van der Waals surface area contributed by atoms with Crippen LogP contribution in [0.15, 0.2) is 10.5 Å². The van der Waals surface area contributed by atoms with E-state index in [9.17, 15) is 4.79 Å². The highest BCUT2D eigenvalue weighted by Crippen LogP contribution is 2.28. The summed E-state index contributed by atoms with van der Waals surface area (Å²) in [7, 11) is 0. The van der Waals surface area contributed by atoms with Gasteiger partial charge in [0.1, 0.15) is 0 Å². The van der Waals surface area contributed by atoms with Crippen molar-refractivity contribution in [2.45, 2.75) is 13.8 Å². The Hall–Kier alpha value is -1.03. The van der Waals surface area contributed by atoms with Crippen LogP contribution in [0.4, 0.5) is 5.69 Å².